The minimum Gasteiger partial charge on any atom is -0.205 e. The number of aromatic nitrogens is 1. The molecule has 0 spiro atoms. The average molecular weight is 683 g/mol. The molecule has 1 heterocycles. The molecule has 0 radical (unpaired) electrons. The van der Waals surface area contributed by atoms with Crippen molar-refractivity contribution < 1.29 is 4.57 Å². The van der Waals surface area contributed by atoms with E-state index in [9.17, 15) is 0 Å². The van der Waals surface area contributed by atoms with E-state index in [4.69, 9.17) is 0 Å². The average Bonchev–Trinajstić information content (AvgIpc) is 3.12. The van der Waals surface area contributed by atoms with Crippen molar-refractivity contribution in [1.29, 1.82) is 0 Å². The maximum atomic E-state index is 2.46. The number of aryl methyl sites for hydroxylation is 1. The van der Waals surface area contributed by atoms with E-state index in [1.807, 2.05) is 0 Å². The molecule has 0 amide bonds. The van der Waals surface area contributed by atoms with Gasteiger partial charge in [-0.25, -0.2) is 4.57 Å². The molecule has 0 N–H and O–H groups in total. The monoisotopic (exact) mass is 683 g/mol. The molecule has 1 rings (SSSR count). The van der Waals surface area contributed by atoms with Gasteiger partial charge in [-0.1, -0.05) is 245 Å². The highest BCUT2D eigenvalue weighted by molar-refractivity contribution is 4.84. The van der Waals surface area contributed by atoms with Crippen LogP contribution < -0.4 is 4.57 Å². The number of hydrogen-bond acceptors (Lipinski definition) is 0. The summed E-state index contributed by atoms with van der Waals surface area (Å²) in [4.78, 5) is 0. The predicted octanol–water partition coefficient (Wildman–Crippen LogP) is 16.8. The van der Waals surface area contributed by atoms with Crippen molar-refractivity contribution in [2.75, 3.05) is 0 Å². The van der Waals surface area contributed by atoms with Crippen molar-refractivity contribution >= 4 is 0 Å². The third-order valence-electron chi connectivity index (χ3n) is 11.9. The van der Waals surface area contributed by atoms with Gasteiger partial charge >= 0.3 is 0 Å². The van der Waals surface area contributed by atoms with Crippen LogP contribution in [0.15, 0.2) is 30.6 Å². The van der Waals surface area contributed by atoms with Crippen molar-refractivity contribution in [3.05, 3.63) is 30.6 Å². The van der Waals surface area contributed by atoms with Gasteiger partial charge in [0.25, 0.3) is 0 Å². The molecule has 1 aromatic heterocycles. The molecule has 0 atom stereocenters. The van der Waals surface area contributed by atoms with Crippen molar-refractivity contribution in [1.82, 2.24) is 0 Å². The van der Waals surface area contributed by atoms with Gasteiger partial charge in [-0.05, 0) is 24.7 Å². The van der Waals surface area contributed by atoms with E-state index in [0.29, 0.717) is 5.41 Å². The summed E-state index contributed by atoms with van der Waals surface area (Å²) in [6.45, 7) is 8.19. The molecule has 0 bridgehead atoms. The second-order valence-electron chi connectivity index (χ2n) is 16.6. The van der Waals surface area contributed by atoms with Crippen LogP contribution in [0, 0.1) is 5.41 Å². The van der Waals surface area contributed by atoms with E-state index >= 15 is 0 Å². The zero-order chi connectivity index (χ0) is 35.2. The van der Waals surface area contributed by atoms with E-state index < -0.39 is 0 Å². The molecule has 0 unspecified atom stereocenters. The third-order valence-corrected chi connectivity index (χ3v) is 11.9. The van der Waals surface area contributed by atoms with Gasteiger partial charge in [0.05, 0.1) is 0 Å². The molecule has 1 aromatic rings. The quantitative estimate of drug-likeness (QED) is 0.0479. The standard InChI is InChI=1S/C48H92N/c1-4-7-10-13-16-18-20-22-24-26-28-30-33-37-42-48(41-36-32-15-12-9-6-3,44-47-49-45-39-35-40-46-49)43-38-34-31-29-27-25-23-21-19-17-14-11-8-5-2/h35,39-40,45-46H,4-34,36-38,41-44,47H2,1-3H3/q+1. The van der Waals surface area contributed by atoms with Crippen molar-refractivity contribution in [3.8, 4) is 0 Å². The predicted molar refractivity (Wildman–Crippen MR) is 222 cm³/mol. The second-order valence-corrected chi connectivity index (χ2v) is 16.6. The van der Waals surface area contributed by atoms with E-state index in [1.165, 1.54) is 251 Å². The first kappa shape index (κ1) is 46.2. The summed E-state index contributed by atoms with van der Waals surface area (Å²) in [5, 5.41) is 0. The molecule has 0 fully saturated rings. The lowest BCUT2D eigenvalue weighted by molar-refractivity contribution is -0.699. The van der Waals surface area contributed by atoms with Crippen LogP contribution in [0.1, 0.15) is 265 Å². The summed E-state index contributed by atoms with van der Waals surface area (Å²) >= 11 is 0. The maximum Gasteiger partial charge on any atom is 0.168 e. The number of nitrogens with zero attached hydrogens (tertiary/aromatic N) is 1. The smallest absolute Gasteiger partial charge is 0.168 e. The fraction of sp³-hybridized carbons (Fsp3) is 0.896. The van der Waals surface area contributed by atoms with Gasteiger partial charge in [-0.2, -0.15) is 0 Å². The first-order valence-corrected chi connectivity index (χ1v) is 23.2. The van der Waals surface area contributed by atoms with E-state index in [-0.39, 0.29) is 0 Å². The Balaban J connectivity index is 2.46. The molecule has 49 heavy (non-hydrogen) atoms. The normalized spacial score (nSPS) is 11.9. The number of pyridine rings is 1. The van der Waals surface area contributed by atoms with Gasteiger partial charge in [0.15, 0.2) is 12.4 Å². The zero-order valence-corrected chi connectivity index (χ0v) is 34.4. The largest absolute Gasteiger partial charge is 0.205 e. The molecule has 0 saturated carbocycles. The van der Waals surface area contributed by atoms with Gasteiger partial charge in [0.1, 0.15) is 6.54 Å². The fourth-order valence-electron chi connectivity index (χ4n) is 8.37. The van der Waals surface area contributed by atoms with E-state index in [1.54, 1.807) is 0 Å². The fourth-order valence-corrected chi connectivity index (χ4v) is 8.37. The third kappa shape index (κ3) is 30.5. The van der Waals surface area contributed by atoms with Crippen LogP contribution in [0.2, 0.25) is 0 Å². The van der Waals surface area contributed by atoms with Crippen molar-refractivity contribution in [2.45, 2.75) is 271 Å². The van der Waals surface area contributed by atoms with Crippen LogP contribution in [0.25, 0.3) is 0 Å². The first-order chi connectivity index (χ1) is 24.3. The van der Waals surface area contributed by atoms with Crippen molar-refractivity contribution in [2.24, 2.45) is 5.41 Å². The molecular weight excluding hydrogens is 591 g/mol. The van der Waals surface area contributed by atoms with Gasteiger partial charge in [0.2, 0.25) is 0 Å². The Labute approximate surface area is 311 Å². The Kier molecular flexibility index (Phi) is 34.8. The lowest BCUT2D eigenvalue weighted by Crippen LogP contribution is -2.36. The minimum atomic E-state index is 0.557. The van der Waals surface area contributed by atoms with Crippen LogP contribution in [0.4, 0.5) is 0 Å². The van der Waals surface area contributed by atoms with E-state index in [2.05, 4.69) is 55.9 Å². The molecule has 288 valence electrons. The van der Waals surface area contributed by atoms with Gasteiger partial charge in [-0.15, -0.1) is 0 Å². The lowest BCUT2D eigenvalue weighted by Gasteiger charge is -2.34. The van der Waals surface area contributed by atoms with Gasteiger partial charge in [-0.3, -0.25) is 0 Å². The summed E-state index contributed by atoms with van der Waals surface area (Å²) < 4.78 is 2.46. The number of unbranched alkanes of at least 4 members (excludes halogenated alkanes) is 31. The Morgan fingerprint density at radius 3 is 0.796 bits per heavy atom. The first-order valence-electron chi connectivity index (χ1n) is 23.2. The summed E-state index contributed by atoms with van der Waals surface area (Å²) in [7, 11) is 0. The molecule has 0 aliphatic heterocycles. The summed E-state index contributed by atoms with van der Waals surface area (Å²) in [5.74, 6) is 0. The minimum absolute atomic E-state index is 0.557. The van der Waals surface area contributed by atoms with Crippen LogP contribution in [0.5, 0.6) is 0 Å². The van der Waals surface area contributed by atoms with Crippen LogP contribution >= 0.6 is 0 Å². The molecule has 0 aliphatic rings. The molecule has 0 aromatic carbocycles. The second kappa shape index (κ2) is 36.9. The van der Waals surface area contributed by atoms with E-state index in [0.717, 1.165) is 0 Å². The number of hydrogen-bond donors (Lipinski definition) is 0. The van der Waals surface area contributed by atoms with Gasteiger partial charge in [0, 0.05) is 18.6 Å². The Bertz CT molecular complexity index is 709. The Hall–Kier alpha value is -0.850. The molecule has 0 aliphatic carbocycles. The van der Waals surface area contributed by atoms with Crippen molar-refractivity contribution in [3.63, 3.8) is 0 Å². The molecular formula is C48H92N+. The highest BCUT2D eigenvalue weighted by atomic mass is 14.9. The van der Waals surface area contributed by atoms with Crippen LogP contribution in [-0.4, -0.2) is 0 Å². The Morgan fingerprint density at radius 1 is 0.286 bits per heavy atom. The Morgan fingerprint density at radius 2 is 0.531 bits per heavy atom. The lowest BCUT2D eigenvalue weighted by atomic mass is 9.71. The van der Waals surface area contributed by atoms with Crippen LogP contribution in [-0.2, 0) is 6.54 Å². The highest BCUT2D eigenvalue weighted by Crippen LogP contribution is 2.41. The summed E-state index contributed by atoms with van der Waals surface area (Å²) in [6.07, 6.45) is 59.9. The number of rotatable bonds is 40. The summed E-state index contributed by atoms with van der Waals surface area (Å²) in [6, 6.07) is 6.61. The molecule has 1 nitrogen and oxygen atoms in total. The molecule has 1 heteroatoms. The van der Waals surface area contributed by atoms with Crippen LogP contribution in [0.3, 0.4) is 0 Å². The maximum absolute atomic E-state index is 2.46. The SMILES string of the molecule is CCCCCCCCCCCCCCCCC(CCCCCCCC)(CCCCCCCCCCCCCCCC)CC[n+]1ccccc1. The topological polar surface area (TPSA) is 3.88 Å². The summed E-state index contributed by atoms with van der Waals surface area (Å²) in [5.41, 5.74) is 0.557. The zero-order valence-electron chi connectivity index (χ0n) is 34.4. The highest BCUT2D eigenvalue weighted by Gasteiger charge is 2.30. The molecule has 0 saturated heterocycles. The van der Waals surface area contributed by atoms with Gasteiger partial charge < -0.3 is 0 Å².